The number of halogens is 1. The molecule has 3 heterocycles. The van der Waals surface area contributed by atoms with Gasteiger partial charge in [0.05, 0.1) is 6.10 Å². The van der Waals surface area contributed by atoms with Gasteiger partial charge in [0.2, 0.25) is 0 Å². The van der Waals surface area contributed by atoms with Crippen LogP contribution >= 0.6 is 11.6 Å². The number of amides is 1. The summed E-state index contributed by atoms with van der Waals surface area (Å²) >= 11 is 5.93. The van der Waals surface area contributed by atoms with Crippen molar-refractivity contribution >= 4 is 23.2 Å². The van der Waals surface area contributed by atoms with Gasteiger partial charge in [-0.15, -0.1) is 10.2 Å². The minimum absolute atomic E-state index is 0.122. The molecule has 1 unspecified atom stereocenters. The van der Waals surface area contributed by atoms with Gasteiger partial charge in [0.1, 0.15) is 0 Å². The highest BCUT2D eigenvalue weighted by molar-refractivity contribution is 6.30. The Kier molecular flexibility index (Phi) is 4.38. The molecule has 128 valence electrons. The Morgan fingerprint density at radius 1 is 1.28 bits per heavy atom. The fourth-order valence-electron chi connectivity index (χ4n) is 2.94. The summed E-state index contributed by atoms with van der Waals surface area (Å²) in [5.74, 6) is 0.576. The largest absolute Gasteiger partial charge is 0.376 e. The molecule has 1 N–H and O–H groups in total. The number of benzene rings is 1. The van der Waals surface area contributed by atoms with Gasteiger partial charge in [0, 0.05) is 35.5 Å². The Morgan fingerprint density at radius 2 is 2.12 bits per heavy atom. The normalized spacial score (nSPS) is 17.1. The summed E-state index contributed by atoms with van der Waals surface area (Å²) < 4.78 is 7.37. The van der Waals surface area contributed by atoms with E-state index in [0.29, 0.717) is 28.6 Å². The fraction of sp³-hybridized carbons (Fsp3) is 0.278. The molecule has 6 nitrogen and oxygen atoms in total. The van der Waals surface area contributed by atoms with Crippen LogP contribution in [0.3, 0.4) is 0 Å². The molecule has 1 atom stereocenters. The molecule has 0 aliphatic carbocycles. The number of carbonyl (C=O) groups excluding carboxylic acids is 1. The number of nitrogens with zero attached hydrogens (tertiary/aromatic N) is 3. The molecule has 25 heavy (non-hydrogen) atoms. The molecule has 1 aromatic carbocycles. The molecule has 3 aromatic rings. The van der Waals surface area contributed by atoms with Crippen molar-refractivity contribution in [2.24, 2.45) is 0 Å². The summed E-state index contributed by atoms with van der Waals surface area (Å²) in [5.41, 5.74) is 2.09. The second kappa shape index (κ2) is 6.82. The molecule has 1 saturated heterocycles. The molecule has 1 aliphatic rings. The Hall–Kier alpha value is -2.44. The number of fused-ring (bicyclic) bond motifs is 1. The first-order chi connectivity index (χ1) is 12.2. The third-order valence-corrected chi connectivity index (χ3v) is 4.54. The third-order valence-electron chi connectivity index (χ3n) is 4.29. The van der Waals surface area contributed by atoms with E-state index in [1.807, 2.05) is 28.7 Å². The van der Waals surface area contributed by atoms with Crippen LogP contribution in [0, 0.1) is 0 Å². The van der Waals surface area contributed by atoms with Gasteiger partial charge in [0.25, 0.3) is 5.91 Å². The molecule has 2 aromatic heterocycles. The number of ether oxygens (including phenoxy) is 1. The predicted molar refractivity (Wildman–Crippen MR) is 94.7 cm³/mol. The van der Waals surface area contributed by atoms with E-state index >= 15 is 0 Å². The summed E-state index contributed by atoms with van der Waals surface area (Å²) in [6, 6.07) is 10.9. The predicted octanol–water partition coefficient (Wildman–Crippen LogP) is 2.96. The molecule has 1 amide bonds. The van der Waals surface area contributed by atoms with Crippen molar-refractivity contribution in [1.82, 2.24) is 19.9 Å². The zero-order valence-corrected chi connectivity index (χ0v) is 14.2. The summed E-state index contributed by atoms with van der Waals surface area (Å²) in [7, 11) is 0. The molecular weight excluding hydrogens is 340 g/mol. The SMILES string of the molecule is O=C(NCC1CCCO1)c1ccn2c(-c3ccc(Cl)cc3)nnc2c1. The molecule has 1 fully saturated rings. The minimum atomic E-state index is -0.131. The molecule has 0 bridgehead atoms. The molecule has 4 rings (SSSR count). The van der Waals surface area contributed by atoms with Gasteiger partial charge in [-0.05, 0) is 49.2 Å². The Bertz CT molecular complexity index is 901. The zero-order valence-electron chi connectivity index (χ0n) is 13.5. The van der Waals surface area contributed by atoms with Crippen LogP contribution in [0.4, 0.5) is 0 Å². The standard InChI is InChI=1S/C18H17ClN4O2/c19-14-5-3-12(4-6-14)17-22-21-16-10-13(7-8-23(16)17)18(24)20-11-15-2-1-9-25-15/h3-8,10,15H,1-2,9,11H2,(H,20,24). The smallest absolute Gasteiger partial charge is 0.251 e. The number of carbonyl (C=O) groups is 1. The number of aromatic nitrogens is 3. The van der Waals surface area contributed by atoms with Gasteiger partial charge in [-0.2, -0.15) is 0 Å². The topological polar surface area (TPSA) is 68.5 Å². The van der Waals surface area contributed by atoms with Gasteiger partial charge in [-0.3, -0.25) is 9.20 Å². The summed E-state index contributed by atoms with van der Waals surface area (Å²) in [6.45, 7) is 1.31. The van der Waals surface area contributed by atoms with Crippen LogP contribution in [0.15, 0.2) is 42.6 Å². The number of pyridine rings is 1. The first-order valence-corrected chi connectivity index (χ1v) is 8.59. The van der Waals surface area contributed by atoms with Crippen molar-refractivity contribution in [3.05, 3.63) is 53.2 Å². The van der Waals surface area contributed by atoms with E-state index in [0.717, 1.165) is 25.0 Å². The summed E-state index contributed by atoms with van der Waals surface area (Å²) in [4.78, 5) is 12.3. The highest BCUT2D eigenvalue weighted by atomic mass is 35.5. The van der Waals surface area contributed by atoms with E-state index in [2.05, 4.69) is 15.5 Å². The minimum Gasteiger partial charge on any atom is -0.376 e. The molecule has 0 radical (unpaired) electrons. The van der Waals surface area contributed by atoms with E-state index in [4.69, 9.17) is 16.3 Å². The number of rotatable bonds is 4. The van der Waals surface area contributed by atoms with Crippen LogP contribution in [0.1, 0.15) is 23.2 Å². The van der Waals surface area contributed by atoms with Crippen molar-refractivity contribution in [2.75, 3.05) is 13.2 Å². The molecular formula is C18H17ClN4O2. The monoisotopic (exact) mass is 356 g/mol. The van der Waals surface area contributed by atoms with Crippen LogP contribution in [0.2, 0.25) is 5.02 Å². The highest BCUT2D eigenvalue weighted by Gasteiger charge is 2.17. The van der Waals surface area contributed by atoms with Gasteiger partial charge < -0.3 is 10.1 Å². The molecule has 1 aliphatic heterocycles. The van der Waals surface area contributed by atoms with Crippen molar-refractivity contribution < 1.29 is 9.53 Å². The lowest BCUT2D eigenvalue weighted by Gasteiger charge is -2.10. The quantitative estimate of drug-likeness (QED) is 0.780. The Balaban J connectivity index is 1.54. The first-order valence-electron chi connectivity index (χ1n) is 8.21. The maximum absolute atomic E-state index is 12.3. The lowest BCUT2D eigenvalue weighted by Crippen LogP contribution is -2.31. The summed E-state index contributed by atoms with van der Waals surface area (Å²) in [5, 5.41) is 12.0. The maximum Gasteiger partial charge on any atom is 0.251 e. The lowest BCUT2D eigenvalue weighted by molar-refractivity contribution is 0.0858. The van der Waals surface area contributed by atoms with Crippen LogP contribution < -0.4 is 5.32 Å². The van der Waals surface area contributed by atoms with Gasteiger partial charge in [-0.1, -0.05) is 11.6 Å². The second-order valence-electron chi connectivity index (χ2n) is 6.02. The fourth-order valence-corrected chi connectivity index (χ4v) is 3.07. The van der Waals surface area contributed by atoms with E-state index in [1.54, 1.807) is 18.3 Å². The Labute approximate surface area is 149 Å². The third kappa shape index (κ3) is 3.36. The van der Waals surface area contributed by atoms with E-state index in [-0.39, 0.29) is 12.0 Å². The number of hydrogen-bond acceptors (Lipinski definition) is 4. The second-order valence-corrected chi connectivity index (χ2v) is 6.46. The van der Waals surface area contributed by atoms with E-state index < -0.39 is 0 Å². The van der Waals surface area contributed by atoms with E-state index in [9.17, 15) is 4.79 Å². The average molecular weight is 357 g/mol. The van der Waals surface area contributed by atoms with Crippen molar-refractivity contribution in [2.45, 2.75) is 18.9 Å². The molecule has 7 heteroatoms. The van der Waals surface area contributed by atoms with Crippen LogP contribution in [0.25, 0.3) is 17.0 Å². The first kappa shape index (κ1) is 16.1. The highest BCUT2D eigenvalue weighted by Crippen LogP contribution is 2.21. The lowest BCUT2D eigenvalue weighted by atomic mass is 10.2. The molecule has 0 spiro atoms. The van der Waals surface area contributed by atoms with Crippen molar-refractivity contribution in [3.8, 4) is 11.4 Å². The van der Waals surface area contributed by atoms with Crippen molar-refractivity contribution in [1.29, 1.82) is 0 Å². The maximum atomic E-state index is 12.3. The van der Waals surface area contributed by atoms with Crippen LogP contribution in [-0.4, -0.2) is 39.8 Å². The van der Waals surface area contributed by atoms with E-state index in [1.165, 1.54) is 0 Å². The average Bonchev–Trinajstić information content (AvgIpc) is 3.29. The van der Waals surface area contributed by atoms with Gasteiger partial charge in [0.15, 0.2) is 11.5 Å². The van der Waals surface area contributed by atoms with Gasteiger partial charge >= 0.3 is 0 Å². The number of hydrogen-bond donors (Lipinski definition) is 1. The zero-order chi connectivity index (χ0) is 17.2. The number of nitrogens with one attached hydrogen (secondary N) is 1. The van der Waals surface area contributed by atoms with Crippen LogP contribution in [-0.2, 0) is 4.74 Å². The van der Waals surface area contributed by atoms with Gasteiger partial charge in [-0.25, -0.2) is 0 Å². The van der Waals surface area contributed by atoms with Crippen molar-refractivity contribution in [3.63, 3.8) is 0 Å². The molecule has 0 saturated carbocycles. The van der Waals surface area contributed by atoms with Crippen LogP contribution in [0.5, 0.6) is 0 Å². The Morgan fingerprint density at radius 3 is 2.88 bits per heavy atom. The summed E-state index contributed by atoms with van der Waals surface area (Å²) in [6.07, 6.45) is 3.98.